The van der Waals surface area contributed by atoms with E-state index in [0.717, 1.165) is 11.5 Å². The summed E-state index contributed by atoms with van der Waals surface area (Å²) in [5.74, 6) is 0.730. The molecular formula is C16H26NSi. The molecule has 2 rings (SSSR count). The number of rotatable bonds is 3. The van der Waals surface area contributed by atoms with Crippen molar-refractivity contribution < 1.29 is 0 Å². The van der Waals surface area contributed by atoms with Crippen LogP contribution in [-0.2, 0) is 0 Å². The molecule has 1 aromatic carbocycles. The molecule has 0 saturated heterocycles. The molecule has 0 fully saturated rings. The molecule has 1 nitrogen and oxygen atoms in total. The molecule has 0 spiro atoms. The molecule has 0 saturated carbocycles. The normalized spacial score (nSPS) is 22.8. The number of hydrogen-bond donors (Lipinski definition) is 1. The minimum atomic E-state index is -0.202. The summed E-state index contributed by atoms with van der Waals surface area (Å²) in [6, 6.07) is 7.50. The van der Waals surface area contributed by atoms with Crippen LogP contribution in [0.15, 0.2) is 12.1 Å². The molecule has 2 heteroatoms. The molecule has 1 N–H and O–H groups in total. The van der Waals surface area contributed by atoms with Gasteiger partial charge in [-0.25, -0.2) is 0 Å². The van der Waals surface area contributed by atoms with E-state index in [2.05, 4.69) is 52.1 Å². The second-order valence-electron chi connectivity index (χ2n) is 5.69. The van der Waals surface area contributed by atoms with Crippen LogP contribution in [0, 0.1) is 13.8 Å². The van der Waals surface area contributed by atoms with Crippen molar-refractivity contribution >= 4 is 14.5 Å². The van der Waals surface area contributed by atoms with E-state index in [-0.39, 0.29) is 8.80 Å². The first-order chi connectivity index (χ1) is 8.58. The molecule has 1 aliphatic heterocycles. The predicted molar refractivity (Wildman–Crippen MR) is 83.3 cm³/mol. The highest BCUT2D eigenvalue weighted by Gasteiger charge is 2.32. The molecule has 1 aliphatic rings. The van der Waals surface area contributed by atoms with Crippen LogP contribution < -0.4 is 5.32 Å². The van der Waals surface area contributed by atoms with Crippen LogP contribution in [0.4, 0.5) is 5.69 Å². The molecule has 18 heavy (non-hydrogen) atoms. The maximum atomic E-state index is 3.71. The number of nitrogens with one attached hydrogen (secondary N) is 1. The van der Waals surface area contributed by atoms with Gasteiger partial charge in [-0.3, -0.25) is 0 Å². The van der Waals surface area contributed by atoms with Gasteiger partial charge in [0.05, 0.1) is 8.80 Å². The van der Waals surface area contributed by atoms with Crippen molar-refractivity contribution in [2.45, 2.75) is 58.2 Å². The maximum absolute atomic E-state index is 3.71. The maximum Gasteiger partial charge on any atom is 0.0534 e. The van der Waals surface area contributed by atoms with Crippen molar-refractivity contribution in [3.8, 4) is 0 Å². The number of aryl methyl sites for hydroxylation is 2. The van der Waals surface area contributed by atoms with E-state index in [1.54, 1.807) is 5.56 Å². The standard InChI is InChI=1S/C16H26NSi/c1-6-18(7-2)15-10-17-16-12(4)8-11(3)9-14(16)13(15)5/h8-9,13,15,17H,6-7,10H2,1-5H3/t13-,15+/m1/s1. The minimum Gasteiger partial charge on any atom is -0.385 e. The number of benzene rings is 1. The van der Waals surface area contributed by atoms with E-state index in [9.17, 15) is 0 Å². The first-order valence-corrected chi connectivity index (χ1v) is 9.27. The summed E-state index contributed by atoms with van der Waals surface area (Å²) >= 11 is 0. The quantitative estimate of drug-likeness (QED) is 0.774. The molecule has 0 amide bonds. The van der Waals surface area contributed by atoms with Gasteiger partial charge < -0.3 is 5.32 Å². The lowest BCUT2D eigenvalue weighted by molar-refractivity contribution is 0.661. The van der Waals surface area contributed by atoms with Crippen LogP contribution in [0.1, 0.15) is 43.4 Å². The Kier molecular flexibility index (Phi) is 4.16. The number of anilines is 1. The monoisotopic (exact) mass is 260 g/mol. The lowest BCUT2D eigenvalue weighted by Crippen LogP contribution is -2.33. The number of hydrogen-bond acceptors (Lipinski definition) is 1. The van der Waals surface area contributed by atoms with Gasteiger partial charge in [-0.2, -0.15) is 0 Å². The van der Waals surface area contributed by atoms with Crippen molar-refractivity contribution in [3.63, 3.8) is 0 Å². The van der Waals surface area contributed by atoms with Crippen LogP contribution in [-0.4, -0.2) is 15.3 Å². The minimum absolute atomic E-state index is 0.202. The molecule has 0 bridgehead atoms. The fraction of sp³-hybridized carbons (Fsp3) is 0.625. The molecule has 2 atom stereocenters. The second-order valence-corrected chi connectivity index (χ2v) is 9.16. The van der Waals surface area contributed by atoms with Gasteiger partial charge in [-0.05, 0) is 36.4 Å². The lowest BCUT2D eigenvalue weighted by Gasteiger charge is -2.37. The van der Waals surface area contributed by atoms with Crippen molar-refractivity contribution in [2.75, 3.05) is 11.9 Å². The van der Waals surface area contributed by atoms with Crippen molar-refractivity contribution in [1.82, 2.24) is 0 Å². The molecule has 0 unspecified atom stereocenters. The van der Waals surface area contributed by atoms with E-state index in [0.29, 0.717) is 0 Å². The zero-order valence-electron chi connectivity index (χ0n) is 12.4. The van der Waals surface area contributed by atoms with Crippen LogP contribution >= 0.6 is 0 Å². The summed E-state index contributed by atoms with van der Waals surface area (Å²) < 4.78 is 0. The fourth-order valence-corrected chi connectivity index (χ4v) is 6.31. The lowest BCUT2D eigenvalue weighted by atomic mass is 9.89. The Hall–Kier alpha value is -0.763. The van der Waals surface area contributed by atoms with Crippen molar-refractivity contribution in [2.24, 2.45) is 0 Å². The third kappa shape index (κ3) is 2.35. The highest BCUT2D eigenvalue weighted by Crippen LogP contribution is 2.42. The zero-order valence-corrected chi connectivity index (χ0v) is 13.4. The van der Waals surface area contributed by atoms with Gasteiger partial charge in [0, 0.05) is 12.2 Å². The molecule has 99 valence electrons. The predicted octanol–water partition coefficient (Wildman–Crippen LogP) is 4.74. The first kappa shape index (κ1) is 13.7. The Morgan fingerprint density at radius 1 is 1.22 bits per heavy atom. The fourth-order valence-electron chi connectivity index (χ4n) is 3.48. The van der Waals surface area contributed by atoms with E-state index in [4.69, 9.17) is 0 Å². The van der Waals surface area contributed by atoms with Crippen LogP contribution in [0.25, 0.3) is 0 Å². The molecule has 1 aromatic rings. The summed E-state index contributed by atoms with van der Waals surface area (Å²) in [4.78, 5) is 0. The summed E-state index contributed by atoms with van der Waals surface area (Å²) in [6.07, 6.45) is 0. The summed E-state index contributed by atoms with van der Waals surface area (Å²) in [5, 5.41) is 3.71. The van der Waals surface area contributed by atoms with Gasteiger partial charge in [0.25, 0.3) is 0 Å². The van der Waals surface area contributed by atoms with Crippen LogP contribution in [0.2, 0.25) is 17.6 Å². The van der Waals surface area contributed by atoms with Crippen LogP contribution in [0.3, 0.4) is 0 Å². The average molecular weight is 260 g/mol. The average Bonchev–Trinajstić information content (AvgIpc) is 2.34. The summed E-state index contributed by atoms with van der Waals surface area (Å²) in [7, 11) is -0.202. The molecule has 1 heterocycles. The Morgan fingerprint density at radius 2 is 1.89 bits per heavy atom. The van der Waals surface area contributed by atoms with Gasteiger partial charge in [0.1, 0.15) is 0 Å². The Labute approximate surface area is 114 Å². The van der Waals surface area contributed by atoms with E-state index >= 15 is 0 Å². The van der Waals surface area contributed by atoms with Crippen LogP contribution in [0.5, 0.6) is 0 Å². The van der Waals surface area contributed by atoms with Gasteiger partial charge in [0.2, 0.25) is 0 Å². The van der Waals surface area contributed by atoms with Gasteiger partial charge in [-0.15, -0.1) is 0 Å². The first-order valence-electron chi connectivity index (χ1n) is 7.28. The molecular weight excluding hydrogens is 234 g/mol. The van der Waals surface area contributed by atoms with E-state index in [1.807, 2.05) is 0 Å². The third-order valence-electron chi connectivity index (χ3n) is 4.54. The van der Waals surface area contributed by atoms with Gasteiger partial charge >= 0.3 is 0 Å². The second kappa shape index (κ2) is 5.48. The van der Waals surface area contributed by atoms with E-state index < -0.39 is 0 Å². The molecule has 1 radical (unpaired) electrons. The molecule has 0 aromatic heterocycles. The van der Waals surface area contributed by atoms with Crippen molar-refractivity contribution in [3.05, 3.63) is 28.8 Å². The Bertz CT molecular complexity index is 423. The summed E-state index contributed by atoms with van der Waals surface area (Å²) in [6.45, 7) is 12.8. The van der Waals surface area contributed by atoms with E-state index in [1.165, 1.54) is 35.4 Å². The van der Waals surface area contributed by atoms with Gasteiger partial charge in [-0.1, -0.05) is 50.6 Å². The highest BCUT2D eigenvalue weighted by molar-refractivity contribution is 6.60. The third-order valence-corrected chi connectivity index (χ3v) is 8.11. The SMILES string of the molecule is CC[Si](CC)[C@H]1CNc2c(C)cc(C)cc2[C@H]1C. The largest absolute Gasteiger partial charge is 0.385 e. The van der Waals surface area contributed by atoms with Gasteiger partial charge in [0.15, 0.2) is 0 Å². The Balaban J connectivity index is 2.35. The topological polar surface area (TPSA) is 12.0 Å². The smallest absolute Gasteiger partial charge is 0.0534 e. The summed E-state index contributed by atoms with van der Waals surface area (Å²) in [5.41, 5.74) is 6.68. The zero-order chi connectivity index (χ0) is 13.3. The van der Waals surface area contributed by atoms with Crippen molar-refractivity contribution in [1.29, 1.82) is 0 Å². The highest BCUT2D eigenvalue weighted by atomic mass is 28.3. The number of fused-ring (bicyclic) bond motifs is 1. The molecule has 0 aliphatic carbocycles. The Morgan fingerprint density at radius 3 is 2.50 bits per heavy atom.